The van der Waals surface area contributed by atoms with E-state index in [1.165, 1.54) is 6.07 Å². The van der Waals surface area contributed by atoms with Crippen LogP contribution in [0.25, 0.3) is 11.3 Å². The highest BCUT2D eigenvalue weighted by Gasteiger charge is 2.24. The van der Waals surface area contributed by atoms with Gasteiger partial charge >= 0.3 is 0 Å². The maximum absolute atomic E-state index is 14.5. The molecule has 2 N–H and O–H groups in total. The lowest BCUT2D eigenvalue weighted by molar-refractivity contribution is 0.0935. The van der Waals surface area contributed by atoms with Crippen molar-refractivity contribution in [2.75, 3.05) is 0 Å². The molecule has 0 aliphatic rings. The van der Waals surface area contributed by atoms with Crippen molar-refractivity contribution >= 4 is 21.8 Å². The number of carbonyl (C=O) groups excluding carboxylic acids is 1. The Morgan fingerprint density at radius 2 is 1.97 bits per heavy atom. The highest BCUT2D eigenvalue weighted by molar-refractivity contribution is 9.10. The Balaban J connectivity index is 1.63. The highest BCUT2D eigenvalue weighted by Crippen LogP contribution is 2.24. The number of aryl methyl sites for hydroxylation is 1. The second-order valence-electron chi connectivity index (χ2n) is 6.50. The van der Waals surface area contributed by atoms with Gasteiger partial charge in [0, 0.05) is 35.0 Å². The largest absolute Gasteiger partial charge is 0.337 e. The van der Waals surface area contributed by atoms with Crippen molar-refractivity contribution in [3.63, 3.8) is 0 Å². The number of nitrogens with one attached hydrogen (secondary N) is 2. The summed E-state index contributed by atoms with van der Waals surface area (Å²) in [6.07, 6.45) is 3.36. The molecule has 4 rings (SSSR count). The summed E-state index contributed by atoms with van der Waals surface area (Å²) < 4.78 is 17.2. The summed E-state index contributed by atoms with van der Waals surface area (Å²) in [5.74, 6) is -0.297. The highest BCUT2D eigenvalue weighted by atomic mass is 79.9. The second kappa shape index (κ2) is 8.00. The lowest BCUT2D eigenvalue weighted by Gasteiger charge is -2.19. The Bertz CT molecular complexity index is 1150. The van der Waals surface area contributed by atoms with Crippen molar-refractivity contribution in [1.29, 1.82) is 0 Å². The number of nitrogens with zero attached hydrogens (tertiary/aromatic N) is 3. The lowest BCUT2D eigenvalue weighted by Crippen LogP contribution is -2.32. The van der Waals surface area contributed by atoms with Crippen LogP contribution in [-0.2, 0) is 7.05 Å². The maximum atomic E-state index is 14.5. The van der Waals surface area contributed by atoms with Gasteiger partial charge in [0.1, 0.15) is 23.4 Å². The standard InChI is InChI=1S/C21H17BrFN5O/c1-28-11-10-24-20(28)19(15-4-2-3-5-16(15)23)25-21(29)18-12-17(26-27-18)13-6-8-14(22)9-7-13/h2-12,19H,1H3,(H,25,29)(H,26,27). The molecule has 1 atom stereocenters. The van der Waals surface area contributed by atoms with Crippen LogP contribution < -0.4 is 5.32 Å². The molecule has 0 saturated heterocycles. The molecule has 4 aromatic rings. The molecule has 0 fully saturated rings. The number of hydrogen-bond donors (Lipinski definition) is 2. The lowest BCUT2D eigenvalue weighted by atomic mass is 10.0. The first-order valence-corrected chi connectivity index (χ1v) is 9.66. The zero-order valence-electron chi connectivity index (χ0n) is 15.4. The van der Waals surface area contributed by atoms with Crippen molar-refractivity contribution in [2.24, 2.45) is 7.05 Å². The molecule has 0 radical (unpaired) electrons. The van der Waals surface area contributed by atoms with E-state index >= 15 is 0 Å². The minimum absolute atomic E-state index is 0.276. The van der Waals surface area contributed by atoms with Crippen molar-refractivity contribution < 1.29 is 9.18 Å². The Kier molecular flexibility index (Phi) is 5.26. The third-order valence-corrected chi connectivity index (χ3v) is 5.10. The molecular weight excluding hydrogens is 437 g/mol. The summed E-state index contributed by atoms with van der Waals surface area (Å²) in [5, 5.41) is 9.84. The summed E-state index contributed by atoms with van der Waals surface area (Å²) in [7, 11) is 1.80. The first kappa shape index (κ1) is 19.1. The van der Waals surface area contributed by atoms with Crippen LogP contribution >= 0.6 is 15.9 Å². The quantitative estimate of drug-likeness (QED) is 0.474. The van der Waals surface area contributed by atoms with Crippen molar-refractivity contribution in [2.45, 2.75) is 6.04 Å². The number of halogens is 2. The maximum Gasteiger partial charge on any atom is 0.270 e. The van der Waals surface area contributed by atoms with Crippen LogP contribution in [0.5, 0.6) is 0 Å². The molecule has 29 heavy (non-hydrogen) atoms. The van der Waals surface area contributed by atoms with Gasteiger partial charge in [-0.1, -0.05) is 46.3 Å². The summed E-state index contributed by atoms with van der Waals surface area (Å²) in [6.45, 7) is 0. The molecule has 0 bridgehead atoms. The fourth-order valence-corrected chi connectivity index (χ4v) is 3.33. The Morgan fingerprint density at radius 3 is 2.66 bits per heavy atom. The van der Waals surface area contributed by atoms with Gasteiger partial charge in [0.2, 0.25) is 0 Å². The molecule has 6 nitrogen and oxygen atoms in total. The minimum Gasteiger partial charge on any atom is -0.337 e. The molecule has 0 aliphatic heterocycles. The van der Waals surface area contributed by atoms with Gasteiger partial charge in [0.25, 0.3) is 5.91 Å². The number of rotatable bonds is 5. The molecule has 2 aromatic carbocycles. The van der Waals surface area contributed by atoms with E-state index in [9.17, 15) is 9.18 Å². The number of hydrogen-bond acceptors (Lipinski definition) is 3. The predicted octanol–water partition coefficient (Wildman–Crippen LogP) is 4.23. The van der Waals surface area contributed by atoms with E-state index in [1.807, 2.05) is 24.3 Å². The fourth-order valence-electron chi connectivity index (χ4n) is 3.06. The van der Waals surface area contributed by atoms with E-state index in [2.05, 4.69) is 36.4 Å². The molecule has 8 heteroatoms. The number of aromatic nitrogens is 4. The van der Waals surface area contributed by atoms with Crippen LogP contribution in [0.2, 0.25) is 0 Å². The van der Waals surface area contributed by atoms with Gasteiger partial charge in [-0.05, 0) is 24.3 Å². The van der Waals surface area contributed by atoms with E-state index in [0.717, 1.165) is 10.0 Å². The fraction of sp³-hybridized carbons (Fsp3) is 0.0952. The summed E-state index contributed by atoms with van der Waals surface area (Å²) >= 11 is 3.40. The molecular formula is C21H17BrFN5O. The Hall–Kier alpha value is -3.26. The van der Waals surface area contributed by atoms with Crippen LogP contribution in [0, 0.1) is 5.82 Å². The van der Waals surface area contributed by atoms with Crippen LogP contribution in [0.15, 0.2) is 71.5 Å². The van der Waals surface area contributed by atoms with Gasteiger partial charge in [-0.2, -0.15) is 5.10 Å². The number of benzene rings is 2. The summed E-state index contributed by atoms with van der Waals surface area (Å²) in [6, 6.07) is 14.8. The first-order chi connectivity index (χ1) is 14.0. The minimum atomic E-state index is -0.747. The molecule has 1 unspecified atom stereocenters. The van der Waals surface area contributed by atoms with Crippen molar-refractivity contribution in [3.8, 4) is 11.3 Å². The van der Waals surface area contributed by atoms with Gasteiger partial charge in [-0.3, -0.25) is 9.89 Å². The van der Waals surface area contributed by atoms with Gasteiger partial charge in [-0.25, -0.2) is 9.37 Å². The zero-order chi connectivity index (χ0) is 20.4. The number of aromatic amines is 1. The molecule has 146 valence electrons. The molecule has 0 aliphatic carbocycles. The molecule has 1 amide bonds. The Morgan fingerprint density at radius 1 is 1.21 bits per heavy atom. The normalized spacial score (nSPS) is 12.0. The van der Waals surface area contributed by atoms with Gasteiger partial charge in [0.05, 0.1) is 5.69 Å². The third-order valence-electron chi connectivity index (χ3n) is 4.57. The topological polar surface area (TPSA) is 75.6 Å². The average molecular weight is 454 g/mol. The van der Waals surface area contributed by atoms with Crippen molar-refractivity contribution in [3.05, 3.63) is 94.4 Å². The number of amides is 1. The van der Waals surface area contributed by atoms with Crippen LogP contribution in [0.4, 0.5) is 4.39 Å². The first-order valence-electron chi connectivity index (χ1n) is 8.87. The molecule has 0 saturated carbocycles. The molecule has 2 heterocycles. The van der Waals surface area contributed by atoms with Crippen LogP contribution in [0.1, 0.15) is 27.9 Å². The van der Waals surface area contributed by atoms with Crippen LogP contribution in [0.3, 0.4) is 0 Å². The second-order valence-corrected chi connectivity index (χ2v) is 7.41. The molecule has 2 aromatic heterocycles. The molecule has 0 spiro atoms. The summed E-state index contributed by atoms with van der Waals surface area (Å²) in [4.78, 5) is 17.2. The number of carbonyl (C=O) groups is 1. The average Bonchev–Trinajstić information content (AvgIpc) is 3.37. The SMILES string of the molecule is Cn1ccnc1C(NC(=O)c1cc(-c2ccc(Br)cc2)n[nH]1)c1ccccc1F. The predicted molar refractivity (Wildman–Crippen MR) is 111 cm³/mol. The number of H-pyrrole nitrogens is 1. The van der Waals surface area contributed by atoms with Crippen LogP contribution in [-0.4, -0.2) is 25.7 Å². The van der Waals surface area contributed by atoms with Gasteiger partial charge < -0.3 is 9.88 Å². The van der Waals surface area contributed by atoms with Gasteiger partial charge in [-0.15, -0.1) is 0 Å². The monoisotopic (exact) mass is 453 g/mol. The van der Waals surface area contributed by atoms with E-state index < -0.39 is 17.8 Å². The summed E-state index contributed by atoms with van der Waals surface area (Å²) in [5.41, 5.74) is 2.13. The van der Waals surface area contributed by atoms with Gasteiger partial charge in [0.15, 0.2) is 0 Å². The van der Waals surface area contributed by atoms with E-state index in [0.29, 0.717) is 17.1 Å². The smallest absolute Gasteiger partial charge is 0.270 e. The Labute approximate surface area is 174 Å². The van der Waals surface area contributed by atoms with E-state index in [-0.39, 0.29) is 5.69 Å². The third kappa shape index (κ3) is 3.97. The zero-order valence-corrected chi connectivity index (χ0v) is 17.0. The van der Waals surface area contributed by atoms with E-state index in [1.54, 1.807) is 48.3 Å². The van der Waals surface area contributed by atoms with Crippen molar-refractivity contribution in [1.82, 2.24) is 25.1 Å². The van der Waals surface area contributed by atoms with E-state index in [4.69, 9.17) is 0 Å². The number of imidazole rings is 1.